The second kappa shape index (κ2) is 8.53. The lowest BCUT2D eigenvalue weighted by Crippen LogP contribution is -2.31. The lowest BCUT2D eigenvalue weighted by molar-refractivity contribution is -0.659. The molecule has 0 atom stereocenters. The number of aromatic nitrogens is 1. The minimum atomic E-state index is 0.292. The van der Waals surface area contributed by atoms with Crippen molar-refractivity contribution in [3.8, 4) is 11.3 Å². The van der Waals surface area contributed by atoms with E-state index in [1.165, 1.54) is 80.9 Å². The molecule has 30 heavy (non-hydrogen) atoms. The van der Waals surface area contributed by atoms with E-state index in [1.54, 1.807) is 5.56 Å². The van der Waals surface area contributed by atoms with Crippen LogP contribution in [0.5, 0.6) is 0 Å². The molecular formula is C29H36N+. The maximum Gasteiger partial charge on any atom is 0.220 e. The van der Waals surface area contributed by atoms with Crippen molar-refractivity contribution in [3.63, 3.8) is 0 Å². The standard InChI is InChI=1S/C29H36N/c1-21-27(23-13-7-4-8-14-23)19-25(22-11-5-3-6-12-22)20-28(21)29-26-16-10-9-15-24(26)17-18-30(29)2/h9-10,15-20,22-23H,3-8,11-14H2,1-2H3/q+1/i17D,18D. The van der Waals surface area contributed by atoms with Crippen LogP contribution < -0.4 is 4.57 Å². The van der Waals surface area contributed by atoms with E-state index in [2.05, 4.69) is 31.2 Å². The zero-order chi connectivity index (χ0) is 22.2. The normalized spacial score (nSPS) is 19.7. The lowest BCUT2D eigenvalue weighted by Gasteiger charge is -2.28. The van der Waals surface area contributed by atoms with Crippen molar-refractivity contribution in [1.29, 1.82) is 0 Å². The molecule has 1 nitrogen and oxygen atoms in total. The van der Waals surface area contributed by atoms with Gasteiger partial charge in [0.25, 0.3) is 0 Å². The van der Waals surface area contributed by atoms with Crippen LogP contribution in [0, 0.1) is 6.92 Å². The fourth-order valence-electron chi connectivity index (χ4n) is 6.02. The van der Waals surface area contributed by atoms with Crippen molar-refractivity contribution >= 4 is 10.8 Å². The number of fused-ring (bicyclic) bond motifs is 1. The van der Waals surface area contributed by atoms with Crippen molar-refractivity contribution < 1.29 is 7.31 Å². The SMILES string of the molecule is [2H]c1c([2H])[n+](C)c(-c2cc(C3CCCCC3)cc(C3CCCCC3)c2C)c2ccccc12. The number of rotatable bonds is 3. The second-order valence-corrected chi connectivity index (χ2v) is 9.64. The Morgan fingerprint density at radius 2 is 1.53 bits per heavy atom. The lowest BCUT2D eigenvalue weighted by atomic mass is 9.76. The number of pyridine rings is 1. The molecule has 1 aromatic heterocycles. The van der Waals surface area contributed by atoms with Gasteiger partial charge < -0.3 is 0 Å². The summed E-state index contributed by atoms with van der Waals surface area (Å²) in [5, 5.41) is 1.97. The zero-order valence-electron chi connectivity index (χ0n) is 20.6. The Hall–Kier alpha value is -2.15. The maximum atomic E-state index is 8.66. The van der Waals surface area contributed by atoms with Gasteiger partial charge in [-0.2, -0.15) is 0 Å². The average Bonchev–Trinajstić information content (AvgIpc) is 2.85. The van der Waals surface area contributed by atoms with Crippen LogP contribution in [0.3, 0.4) is 0 Å². The highest BCUT2D eigenvalue weighted by Gasteiger charge is 2.26. The molecule has 2 fully saturated rings. The molecule has 0 aliphatic heterocycles. The van der Waals surface area contributed by atoms with Gasteiger partial charge >= 0.3 is 0 Å². The van der Waals surface area contributed by atoms with E-state index in [4.69, 9.17) is 2.74 Å². The van der Waals surface area contributed by atoms with E-state index in [0.717, 1.165) is 16.5 Å². The number of benzene rings is 2. The topological polar surface area (TPSA) is 3.88 Å². The first-order chi connectivity index (χ1) is 15.6. The van der Waals surface area contributed by atoms with Crippen molar-refractivity contribution in [2.45, 2.75) is 83.0 Å². The molecule has 0 amide bonds. The van der Waals surface area contributed by atoms with Gasteiger partial charge in [-0.15, -0.1) is 0 Å². The first-order valence-electron chi connectivity index (χ1n) is 13.1. The van der Waals surface area contributed by atoms with E-state index in [0.29, 0.717) is 24.1 Å². The third-order valence-electron chi connectivity index (χ3n) is 7.72. The van der Waals surface area contributed by atoms with E-state index >= 15 is 0 Å². The Bertz CT molecular complexity index is 1140. The summed E-state index contributed by atoms with van der Waals surface area (Å²) < 4.78 is 19.1. The van der Waals surface area contributed by atoms with Gasteiger partial charge in [-0.05, 0) is 78.7 Å². The van der Waals surface area contributed by atoms with Gasteiger partial charge in [0.15, 0.2) is 6.17 Å². The molecule has 5 rings (SSSR count). The van der Waals surface area contributed by atoms with Gasteiger partial charge in [0, 0.05) is 6.04 Å². The van der Waals surface area contributed by atoms with Crippen LogP contribution in [-0.4, -0.2) is 0 Å². The fourth-order valence-corrected chi connectivity index (χ4v) is 6.02. The predicted molar refractivity (Wildman–Crippen MR) is 127 cm³/mol. The smallest absolute Gasteiger partial charge is 0.200 e. The van der Waals surface area contributed by atoms with Crippen LogP contribution in [0.15, 0.2) is 48.6 Å². The molecule has 0 bridgehead atoms. The third kappa shape index (κ3) is 3.68. The summed E-state index contributed by atoms with van der Waals surface area (Å²) in [6.07, 6.45) is 13.6. The molecule has 1 heteroatoms. The average molecular weight is 401 g/mol. The molecule has 0 saturated heterocycles. The Labute approximate surface area is 185 Å². The second-order valence-electron chi connectivity index (χ2n) is 9.64. The highest BCUT2D eigenvalue weighted by atomic mass is 14.9. The molecular weight excluding hydrogens is 362 g/mol. The van der Waals surface area contributed by atoms with E-state index in [1.807, 2.05) is 23.7 Å². The molecule has 3 aromatic rings. The molecule has 0 unspecified atom stereocenters. The summed E-state index contributed by atoms with van der Waals surface area (Å²) in [5.41, 5.74) is 6.83. The summed E-state index contributed by atoms with van der Waals surface area (Å²) in [7, 11) is 1.97. The maximum absolute atomic E-state index is 8.66. The Balaban J connectivity index is 1.77. The Kier molecular flexibility index (Phi) is 4.98. The van der Waals surface area contributed by atoms with Crippen LogP contribution >= 0.6 is 0 Å². The molecule has 2 aromatic carbocycles. The fraction of sp³-hybridized carbons (Fsp3) is 0.483. The summed E-state index contributed by atoms with van der Waals surface area (Å²) in [6.45, 7) is 2.30. The third-order valence-corrected chi connectivity index (χ3v) is 7.72. The summed E-state index contributed by atoms with van der Waals surface area (Å²) in [4.78, 5) is 0. The quantitative estimate of drug-likeness (QED) is 0.396. The Morgan fingerprint density at radius 3 is 2.27 bits per heavy atom. The molecule has 0 spiro atoms. The van der Waals surface area contributed by atoms with Gasteiger partial charge in [0.2, 0.25) is 5.69 Å². The van der Waals surface area contributed by atoms with Crippen molar-refractivity contribution in [3.05, 3.63) is 65.3 Å². The summed E-state index contributed by atoms with van der Waals surface area (Å²) in [6, 6.07) is 13.5. The zero-order valence-corrected chi connectivity index (χ0v) is 18.6. The molecule has 156 valence electrons. The molecule has 2 aliphatic carbocycles. The van der Waals surface area contributed by atoms with E-state index in [9.17, 15) is 0 Å². The first kappa shape index (κ1) is 17.5. The predicted octanol–water partition coefficient (Wildman–Crippen LogP) is 7.74. The van der Waals surface area contributed by atoms with Gasteiger partial charge in [0.1, 0.15) is 8.42 Å². The van der Waals surface area contributed by atoms with Crippen molar-refractivity contribution in [2.24, 2.45) is 7.05 Å². The van der Waals surface area contributed by atoms with E-state index < -0.39 is 0 Å². The van der Waals surface area contributed by atoms with Crippen LogP contribution in [0.4, 0.5) is 0 Å². The molecule has 2 aliphatic rings. The van der Waals surface area contributed by atoms with Gasteiger partial charge in [-0.1, -0.05) is 62.8 Å². The molecule has 0 radical (unpaired) electrons. The van der Waals surface area contributed by atoms with Crippen LogP contribution in [0.2, 0.25) is 0 Å². The minimum absolute atomic E-state index is 0.292. The van der Waals surface area contributed by atoms with Crippen LogP contribution in [0.25, 0.3) is 22.0 Å². The molecule has 1 heterocycles. The van der Waals surface area contributed by atoms with Gasteiger partial charge in [-0.3, -0.25) is 0 Å². The van der Waals surface area contributed by atoms with E-state index in [-0.39, 0.29) is 0 Å². The minimum Gasteiger partial charge on any atom is -0.200 e. The number of hydrogen-bond donors (Lipinski definition) is 0. The van der Waals surface area contributed by atoms with Crippen LogP contribution in [-0.2, 0) is 7.05 Å². The summed E-state index contributed by atoms with van der Waals surface area (Å²) in [5.74, 6) is 1.32. The van der Waals surface area contributed by atoms with Crippen LogP contribution in [0.1, 0.15) is 95.5 Å². The molecule has 0 N–H and O–H groups in total. The number of hydrogen-bond acceptors (Lipinski definition) is 0. The number of nitrogens with zero attached hydrogens (tertiary/aromatic N) is 1. The monoisotopic (exact) mass is 400 g/mol. The summed E-state index contributed by atoms with van der Waals surface area (Å²) >= 11 is 0. The highest BCUT2D eigenvalue weighted by molar-refractivity contribution is 5.93. The largest absolute Gasteiger partial charge is 0.220 e. The van der Waals surface area contributed by atoms with Gasteiger partial charge in [-0.25, -0.2) is 4.57 Å². The first-order valence-corrected chi connectivity index (χ1v) is 12.1. The Morgan fingerprint density at radius 1 is 0.867 bits per heavy atom. The van der Waals surface area contributed by atoms with Crippen molar-refractivity contribution in [2.75, 3.05) is 0 Å². The van der Waals surface area contributed by atoms with Gasteiger partial charge in [0.05, 0.1) is 12.3 Å². The van der Waals surface area contributed by atoms with Crippen molar-refractivity contribution in [1.82, 2.24) is 0 Å². The molecule has 2 saturated carbocycles. The highest BCUT2D eigenvalue weighted by Crippen LogP contribution is 2.42.